The topological polar surface area (TPSA) is 45.7 Å². The van der Waals surface area contributed by atoms with Gasteiger partial charge >= 0.3 is 0 Å². The average Bonchev–Trinajstić information content (AvgIpc) is 2.84. The van der Waals surface area contributed by atoms with Gasteiger partial charge in [-0.25, -0.2) is 19.4 Å². The van der Waals surface area contributed by atoms with Gasteiger partial charge < -0.3 is 9.64 Å². The van der Waals surface area contributed by atoms with Crippen molar-refractivity contribution in [2.45, 2.75) is 6.54 Å². The quantitative estimate of drug-likeness (QED) is 0.554. The number of pyridine rings is 1. The number of halogens is 1. The number of hydrogen-bond acceptors (Lipinski definition) is 4. The summed E-state index contributed by atoms with van der Waals surface area (Å²) in [6.45, 7) is 5.87. The van der Waals surface area contributed by atoms with Crippen molar-refractivity contribution in [1.29, 1.82) is 0 Å². The van der Waals surface area contributed by atoms with Crippen molar-refractivity contribution >= 4 is 26.8 Å². The number of ether oxygens (including phenoxy) is 1. The third kappa shape index (κ3) is 5.11. The van der Waals surface area contributed by atoms with Crippen molar-refractivity contribution in [3.05, 3.63) is 65.5 Å². The fraction of sp³-hybridized carbons (Fsp3) is 0.407. The monoisotopic (exact) mass is 481 g/mol. The molecule has 0 atom stereocenters. The fourth-order valence-corrected chi connectivity index (χ4v) is 6.26. The van der Waals surface area contributed by atoms with Crippen LogP contribution in [0.15, 0.2) is 48.5 Å². The van der Waals surface area contributed by atoms with Crippen LogP contribution in [0.3, 0.4) is 0 Å². The largest absolute Gasteiger partial charge is 0.379 e. The number of carbonyl (C=O) groups excluding carboxylic acids is 1. The molecule has 2 aliphatic heterocycles. The minimum Gasteiger partial charge on any atom is -0.379 e. The SMILES string of the molecule is CS1(C)CCN(C(=O)c2cc(-c3ccc(CN4CCOCC4)cc3)nc3ccc(F)cc23)CC1. The summed E-state index contributed by atoms with van der Waals surface area (Å²) < 4.78 is 19.6. The molecule has 0 spiro atoms. The summed E-state index contributed by atoms with van der Waals surface area (Å²) in [6, 6.07) is 14.7. The van der Waals surface area contributed by atoms with Crippen LogP contribution in [-0.4, -0.2) is 84.1 Å². The van der Waals surface area contributed by atoms with E-state index in [0.29, 0.717) is 16.5 Å². The van der Waals surface area contributed by atoms with Crippen LogP contribution in [0.4, 0.5) is 4.39 Å². The molecule has 5 nitrogen and oxygen atoms in total. The molecule has 0 bridgehead atoms. The molecule has 0 N–H and O–H groups in total. The van der Waals surface area contributed by atoms with E-state index in [1.54, 1.807) is 6.07 Å². The summed E-state index contributed by atoms with van der Waals surface area (Å²) in [7, 11) is -0.623. The van der Waals surface area contributed by atoms with Crippen LogP contribution >= 0.6 is 10.0 Å². The second-order valence-corrected chi connectivity index (χ2v) is 14.1. The van der Waals surface area contributed by atoms with E-state index >= 15 is 0 Å². The number of benzene rings is 2. The van der Waals surface area contributed by atoms with E-state index in [2.05, 4.69) is 41.7 Å². The third-order valence-corrected chi connectivity index (χ3v) is 9.45. The molecule has 2 fully saturated rings. The first-order valence-corrected chi connectivity index (χ1v) is 14.6. The van der Waals surface area contributed by atoms with Gasteiger partial charge in [0.05, 0.1) is 30.0 Å². The minimum atomic E-state index is -0.623. The summed E-state index contributed by atoms with van der Waals surface area (Å²) in [6.07, 6.45) is 4.65. The molecule has 7 heteroatoms. The zero-order valence-corrected chi connectivity index (χ0v) is 20.7. The molecule has 0 radical (unpaired) electrons. The van der Waals surface area contributed by atoms with E-state index in [1.807, 2.05) is 11.0 Å². The van der Waals surface area contributed by atoms with Gasteiger partial charge in [-0.05, 0) is 53.8 Å². The van der Waals surface area contributed by atoms with Gasteiger partial charge in [0.15, 0.2) is 0 Å². The van der Waals surface area contributed by atoms with E-state index in [1.165, 1.54) is 17.7 Å². The zero-order chi connectivity index (χ0) is 23.7. The second kappa shape index (κ2) is 9.64. The molecular weight excluding hydrogens is 449 g/mol. The standard InChI is InChI=1S/C27H32FN3O2S/c1-34(2)15-11-31(12-16-34)27(32)24-18-26(29-25-8-7-22(28)17-23(24)25)21-5-3-20(4-6-21)19-30-9-13-33-14-10-30/h3-8,17-18H,9-16,19H2,1-2H3. The zero-order valence-electron chi connectivity index (χ0n) is 19.9. The van der Waals surface area contributed by atoms with Gasteiger partial charge in [0.1, 0.15) is 5.82 Å². The molecule has 180 valence electrons. The number of hydrogen-bond donors (Lipinski definition) is 0. The Bertz CT molecular complexity index is 1180. The molecule has 5 rings (SSSR count). The van der Waals surface area contributed by atoms with Crippen LogP contribution < -0.4 is 0 Å². The summed E-state index contributed by atoms with van der Waals surface area (Å²) in [5.41, 5.74) is 4.11. The van der Waals surface area contributed by atoms with Crippen molar-refractivity contribution < 1.29 is 13.9 Å². The first-order valence-electron chi connectivity index (χ1n) is 11.9. The van der Waals surface area contributed by atoms with Crippen molar-refractivity contribution in [2.24, 2.45) is 0 Å². The average molecular weight is 482 g/mol. The summed E-state index contributed by atoms with van der Waals surface area (Å²) in [5.74, 6) is 1.71. The smallest absolute Gasteiger partial charge is 0.254 e. The second-order valence-electron chi connectivity index (χ2n) is 9.77. The molecule has 2 aliphatic rings. The Morgan fingerprint density at radius 2 is 1.71 bits per heavy atom. The van der Waals surface area contributed by atoms with Gasteiger partial charge in [0.2, 0.25) is 0 Å². The molecule has 1 amide bonds. The van der Waals surface area contributed by atoms with E-state index in [0.717, 1.165) is 68.7 Å². The number of carbonyl (C=O) groups is 1. The van der Waals surface area contributed by atoms with Crippen LogP contribution in [0.25, 0.3) is 22.2 Å². The van der Waals surface area contributed by atoms with Crippen molar-refractivity contribution in [2.75, 3.05) is 63.4 Å². The highest BCUT2D eigenvalue weighted by Gasteiger charge is 2.27. The highest BCUT2D eigenvalue weighted by atomic mass is 32.3. The van der Waals surface area contributed by atoms with Crippen molar-refractivity contribution in [1.82, 2.24) is 14.8 Å². The molecule has 0 aliphatic carbocycles. The number of rotatable bonds is 4. The fourth-order valence-electron chi connectivity index (χ4n) is 4.62. The summed E-state index contributed by atoms with van der Waals surface area (Å²) >= 11 is 0. The first kappa shape index (κ1) is 23.3. The number of amides is 1. The molecule has 0 saturated carbocycles. The Labute approximate surface area is 202 Å². The molecule has 1 aromatic heterocycles. The highest BCUT2D eigenvalue weighted by Crippen LogP contribution is 2.42. The highest BCUT2D eigenvalue weighted by molar-refractivity contribution is 8.32. The number of aromatic nitrogens is 1. The Kier molecular flexibility index (Phi) is 6.60. The Morgan fingerprint density at radius 3 is 2.41 bits per heavy atom. The summed E-state index contributed by atoms with van der Waals surface area (Å²) in [4.78, 5) is 22.7. The predicted octanol–water partition coefficient (Wildman–Crippen LogP) is 4.39. The normalized spacial score (nSPS) is 19.8. The lowest BCUT2D eigenvalue weighted by molar-refractivity contribution is 0.0342. The maximum atomic E-state index is 14.1. The van der Waals surface area contributed by atoms with Crippen molar-refractivity contribution in [3.8, 4) is 11.3 Å². The maximum Gasteiger partial charge on any atom is 0.254 e. The van der Waals surface area contributed by atoms with Crippen LogP contribution in [0.1, 0.15) is 15.9 Å². The maximum absolute atomic E-state index is 14.1. The Hall–Kier alpha value is -2.48. The molecular formula is C27H32FN3O2S. The van der Waals surface area contributed by atoms with Crippen molar-refractivity contribution in [3.63, 3.8) is 0 Å². The third-order valence-electron chi connectivity index (χ3n) is 6.88. The molecule has 34 heavy (non-hydrogen) atoms. The van der Waals surface area contributed by atoms with E-state index in [9.17, 15) is 9.18 Å². The van der Waals surface area contributed by atoms with Crippen LogP contribution in [0, 0.1) is 5.82 Å². The van der Waals surface area contributed by atoms with Gasteiger partial charge in [-0.2, -0.15) is 0 Å². The lowest BCUT2D eigenvalue weighted by Gasteiger charge is -2.41. The number of morpholine rings is 1. The number of fused-ring (bicyclic) bond motifs is 1. The van der Waals surface area contributed by atoms with Gasteiger partial charge in [-0.1, -0.05) is 24.3 Å². The Morgan fingerprint density at radius 1 is 1.00 bits per heavy atom. The van der Waals surface area contributed by atoms with Crippen LogP contribution in [-0.2, 0) is 11.3 Å². The molecule has 0 unspecified atom stereocenters. The van der Waals surface area contributed by atoms with E-state index in [4.69, 9.17) is 9.72 Å². The predicted molar refractivity (Wildman–Crippen MR) is 138 cm³/mol. The lowest BCUT2D eigenvalue weighted by atomic mass is 10.0. The van der Waals surface area contributed by atoms with E-state index in [-0.39, 0.29) is 11.7 Å². The first-order chi connectivity index (χ1) is 16.4. The lowest BCUT2D eigenvalue weighted by Crippen LogP contribution is -2.42. The van der Waals surface area contributed by atoms with E-state index < -0.39 is 10.0 Å². The molecule has 3 heterocycles. The molecule has 2 aromatic carbocycles. The Balaban J connectivity index is 1.45. The summed E-state index contributed by atoms with van der Waals surface area (Å²) in [5, 5.41) is 0.579. The van der Waals surface area contributed by atoms with Gasteiger partial charge in [0, 0.05) is 43.7 Å². The minimum absolute atomic E-state index is 0.0295. The molecule has 2 saturated heterocycles. The van der Waals surface area contributed by atoms with Crippen LogP contribution in [0.5, 0.6) is 0 Å². The van der Waals surface area contributed by atoms with Gasteiger partial charge in [-0.15, -0.1) is 0 Å². The van der Waals surface area contributed by atoms with Gasteiger partial charge in [0.25, 0.3) is 5.91 Å². The van der Waals surface area contributed by atoms with Gasteiger partial charge in [-0.3, -0.25) is 9.69 Å². The van der Waals surface area contributed by atoms with Crippen LogP contribution in [0.2, 0.25) is 0 Å². The number of nitrogens with zero attached hydrogens (tertiary/aromatic N) is 3. The molecule has 3 aromatic rings.